The highest BCUT2D eigenvalue weighted by Gasteiger charge is 2.13. The Bertz CT molecular complexity index is 633. The van der Waals surface area contributed by atoms with Crippen LogP contribution >= 0.6 is 11.6 Å². The first-order valence-corrected chi connectivity index (χ1v) is 7.33. The van der Waals surface area contributed by atoms with E-state index in [1.54, 1.807) is 16.8 Å². The molecule has 0 unspecified atom stereocenters. The predicted octanol–water partition coefficient (Wildman–Crippen LogP) is 3.57. The quantitative estimate of drug-likeness (QED) is 0.734. The monoisotopic (exact) mass is 304 g/mol. The summed E-state index contributed by atoms with van der Waals surface area (Å²) in [6.07, 6.45) is 3.25. The maximum atomic E-state index is 9.11. The Morgan fingerprint density at radius 3 is 2.86 bits per heavy atom. The van der Waals surface area contributed by atoms with Gasteiger partial charge in [0.15, 0.2) is 5.69 Å². The molecule has 0 fully saturated rings. The second kappa shape index (κ2) is 7.65. The summed E-state index contributed by atoms with van der Waals surface area (Å²) in [5.41, 5.74) is 0.993. The van der Waals surface area contributed by atoms with Crippen molar-refractivity contribution in [1.82, 2.24) is 15.0 Å². The van der Waals surface area contributed by atoms with Crippen LogP contribution in [0.15, 0.2) is 24.3 Å². The van der Waals surface area contributed by atoms with Crippen LogP contribution < -0.4 is 4.74 Å². The number of aromatic nitrogens is 3. The van der Waals surface area contributed by atoms with Gasteiger partial charge in [-0.3, -0.25) is 0 Å². The molecule has 21 heavy (non-hydrogen) atoms. The Morgan fingerprint density at radius 2 is 2.14 bits per heavy atom. The zero-order chi connectivity index (χ0) is 15.1. The molecular weight excluding hydrogens is 288 g/mol. The van der Waals surface area contributed by atoms with Gasteiger partial charge in [-0.05, 0) is 18.6 Å². The molecule has 2 rings (SSSR count). The van der Waals surface area contributed by atoms with Crippen molar-refractivity contribution in [2.75, 3.05) is 0 Å². The maximum Gasteiger partial charge on any atom is 0.189 e. The first-order chi connectivity index (χ1) is 10.3. The Morgan fingerprint density at radius 1 is 1.33 bits per heavy atom. The molecule has 5 nitrogen and oxygen atoms in total. The molecule has 6 heteroatoms. The van der Waals surface area contributed by atoms with E-state index in [1.165, 1.54) is 0 Å². The minimum Gasteiger partial charge on any atom is -0.486 e. The van der Waals surface area contributed by atoms with Gasteiger partial charge < -0.3 is 4.74 Å². The second-order valence-corrected chi connectivity index (χ2v) is 5.05. The number of rotatable bonds is 7. The summed E-state index contributed by atoms with van der Waals surface area (Å²) in [6, 6.07) is 9.29. The molecule has 0 atom stereocenters. The lowest BCUT2D eigenvalue weighted by Crippen LogP contribution is -2.09. The summed E-state index contributed by atoms with van der Waals surface area (Å²) in [5, 5.41) is 17.6. The van der Waals surface area contributed by atoms with E-state index in [0.717, 1.165) is 25.8 Å². The molecular formula is C15H17ClN4O. The Balaban J connectivity index is 2.09. The molecule has 1 aromatic heterocycles. The van der Waals surface area contributed by atoms with Crippen molar-refractivity contribution in [1.29, 1.82) is 5.26 Å². The Kier molecular flexibility index (Phi) is 5.59. The van der Waals surface area contributed by atoms with Crippen LogP contribution in [-0.4, -0.2) is 15.0 Å². The lowest BCUT2D eigenvalue weighted by Gasteiger charge is -2.09. The van der Waals surface area contributed by atoms with Crippen LogP contribution in [0.3, 0.4) is 0 Å². The molecule has 2 aromatic rings. The van der Waals surface area contributed by atoms with Gasteiger partial charge >= 0.3 is 0 Å². The predicted molar refractivity (Wildman–Crippen MR) is 80.0 cm³/mol. The van der Waals surface area contributed by atoms with Gasteiger partial charge in [0.25, 0.3) is 0 Å². The van der Waals surface area contributed by atoms with Gasteiger partial charge in [0.2, 0.25) is 0 Å². The summed E-state index contributed by atoms with van der Waals surface area (Å²) in [4.78, 5) is 0. The standard InChI is InChI=1S/C15H17ClN4O/c1-2-3-6-9-20-14(13(10-17)18-19-20)11-21-15-8-5-4-7-12(15)16/h4-5,7-8H,2-3,6,9,11H2,1H3. The van der Waals surface area contributed by atoms with Crippen LogP contribution in [0.5, 0.6) is 5.75 Å². The molecule has 0 aliphatic heterocycles. The van der Waals surface area contributed by atoms with Crippen LogP contribution in [0, 0.1) is 11.3 Å². The molecule has 0 radical (unpaired) electrons. The third-order valence-electron chi connectivity index (χ3n) is 3.12. The van der Waals surface area contributed by atoms with Crippen LogP contribution in [0.2, 0.25) is 5.02 Å². The van der Waals surface area contributed by atoms with E-state index < -0.39 is 0 Å². The highest BCUT2D eigenvalue weighted by molar-refractivity contribution is 6.32. The minimum atomic E-state index is 0.228. The van der Waals surface area contributed by atoms with E-state index in [4.69, 9.17) is 21.6 Å². The van der Waals surface area contributed by atoms with Crippen molar-refractivity contribution in [2.24, 2.45) is 0 Å². The first-order valence-electron chi connectivity index (χ1n) is 6.96. The average molecular weight is 305 g/mol. The number of para-hydroxylation sites is 1. The van der Waals surface area contributed by atoms with Crippen molar-refractivity contribution in [3.05, 3.63) is 40.7 Å². The minimum absolute atomic E-state index is 0.228. The van der Waals surface area contributed by atoms with E-state index in [9.17, 15) is 0 Å². The third-order valence-corrected chi connectivity index (χ3v) is 3.43. The third kappa shape index (κ3) is 3.96. The van der Waals surface area contributed by atoms with Crippen molar-refractivity contribution in [3.8, 4) is 11.8 Å². The summed E-state index contributed by atoms with van der Waals surface area (Å²) < 4.78 is 7.43. The topological polar surface area (TPSA) is 63.7 Å². The lowest BCUT2D eigenvalue weighted by atomic mass is 10.2. The maximum absolute atomic E-state index is 9.11. The number of hydrogen-bond donors (Lipinski definition) is 0. The van der Waals surface area contributed by atoms with Gasteiger partial charge in [-0.25, -0.2) is 4.68 Å². The molecule has 0 saturated heterocycles. The largest absolute Gasteiger partial charge is 0.486 e. The molecule has 0 bridgehead atoms. The van der Waals surface area contributed by atoms with Crippen molar-refractivity contribution < 1.29 is 4.74 Å². The molecule has 0 saturated carbocycles. The van der Waals surface area contributed by atoms with E-state index in [2.05, 4.69) is 17.2 Å². The zero-order valence-corrected chi connectivity index (χ0v) is 12.7. The Labute approximate surface area is 129 Å². The molecule has 110 valence electrons. The van der Waals surface area contributed by atoms with Crippen molar-refractivity contribution >= 4 is 11.6 Å². The number of ether oxygens (including phenoxy) is 1. The smallest absolute Gasteiger partial charge is 0.189 e. The molecule has 1 heterocycles. The summed E-state index contributed by atoms with van der Waals surface area (Å²) in [7, 11) is 0. The van der Waals surface area contributed by atoms with Crippen LogP contribution in [-0.2, 0) is 13.2 Å². The van der Waals surface area contributed by atoms with Gasteiger partial charge in [-0.2, -0.15) is 5.26 Å². The van der Waals surface area contributed by atoms with E-state index >= 15 is 0 Å². The van der Waals surface area contributed by atoms with Gasteiger partial charge in [-0.1, -0.05) is 48.7 Å². The second-order valence-electron chi connectivity index (χ2n) is 4.65. The molecule has 0 amide bonds. The average Bonchev–Trinajstić information content (AvgIpc) is 2.89. The highest BCUT2D eigenvalue weighted by Crippen LogP contribution is 2.24. The molecule has 1 aromatic carbocycles. The number of unbranched alkanes of at least 4 members (excludes halogenated alkanes) is 2. The van der Waals surface area contributed by atoms with Crippen LogP contribution in [0.1, 0.15) is 37.6 Å². The number of aryl methyl sites for hydroxylation is 1. The fourth-order valence-corrected chi connectivity index (χ4v) is 2.15. The van der Waals surface area contributed by atoms with E-state index in [0.29, 0.717) is 22.2 Å². The van der Waals surface area contributed by atoms with E-state index in [1.807, 2.05) is 18.2 Å². The number of hydrogen-bond acceptors (Lipinski definition) is 4. The number of halogens is 1. The lowest BCUT2D eigenvalue weighted by molar-refractivity contribution is 0.290. The number of nitrogens with zero attached hydrogens (tertiary/aromatic N) is 4. The SMILES string of the molecule is CCCCCn1nnc(C#N)c1COc1ccccc1Cl. The summed E-state index contributed by atoms with van der Waals surface area (Å²) >= 11 is 6.05. The van der Waals surface area contributed by atoms with Crippen molar-refractivity contribution in [3.63, 3.8) is 0 Å². The van der Waals surface area contributed by atoms with E-state index in [-0.39, 0.29) is 6.61 Å². The molecule has 0 aliphatic carbocycles. The molecule has 0 aliphatic rings. The fourth-order valence-electron chi connectivity index (χ4n) is 1.96. The van der Waals surface area contributed by atoms with Crippen LogP contribution in [0.4, 0.5) is 0 Å². The number of benzene rings is 1. The van der Waals surface area contributed by atoms with Gasteiger partial charge in [0.05, 0.1) is 5.02 Å². The summed E-state index contributed by atoms with van der Waals surface area (Å²) in [5.74, 6) is 0.587. The fraction of sp³-hybridized carbons (Fsp3) is 0.400. The normalized spacial score (nSPS) is 10.3. The zero-order valence-electron chi connectivity index (χ0n) is 11.9. The van der Waals surface area contributed by atoms with Crippen molar-refractivity contribution in [2.45, 2.75) is 39.3 Å². The Hall–Kier alpha value is -2.06. The van der Waals surface area contributed by atoms with Gasteiger partial charge in [-0.15, -0.1) is 5.10 Å². The number of nitriles is 1. The van der Waals surface area contributed by atoms with Crippen LogP contribution in [0.25, 0.3) is 0 Å². The first kappa shape index (κ1) is 15.3. The summed E-state index contributed by atoms with van der Waals surface area (Å²) in [6.45, 7) is 3.11. The van der Waals surface area contributed by atoms with Gasteiger partial charge in [0, 0.05) is 6.54 Å². The highest BCUT2D eigenvalue weighted by atomic mass is 35.5. The molecule has 0 N–H and O–H groups in total. The molecule has 0 spiro atoms. The van der Waals surface area contributed by atoms with Gasteiger partial charge in [0.1, 0.15) is 24.1 Å².